The lowest BCUT2D eigenvalue weighted by atomic mass is 10.1. The number of non-ortho nitro benzene ring substituents is 3. The highest BCUT2D eigenvalue weighted by molar-refractivity contribution is 6.45. The lowest BCUT2D eigenvalue weighted by Crippen LogP contribution is -2.15. The second-order valence-corrected chi connectivity index (χ2v) is 22.6. The number of hydrogen-bond donors (Lipinski definition) is 4. The predicted octanol–water partition coefficient (Wildman–Crippen LogP) is 13.1. The molecule has 0 fully saturated rings. The number of benzene rings is 6. The van der Waals surface area contributed by atoms with Crippen LogP contribution in [0, 0.1) is 30.3 Å². The Labute approximate surface area is 620 Å². The molecule has 3 heterocycles. The lowest BCUT2D eigenvalue weighted by molar-refractivity contribution is -0.385. The number of nitro benzene ring substituents is 3. The predicted molar refractivity (Wildman–Crippen MR) is 380 cm³/mol. The van der Waals surface area contributed by atoms with Gasteiger partial charge < -0.3 is 64.9 Å². The first-order chi connectivity index (χ1) is 50.0. The fourth-order valence-electron chi connectivity index (χ4n) is 8.11. The number of anilines is 3. The number of nitro groups is 3. The molecule has 0 radical (unpaired) electrons. The average Bonchev–Trinajstić information content (AvgIpc) is 0.825. The Bertz CT molecular complexity index is 4300. The second-order valence-electron chi connectivity index (χ2n) is 20.3. The number of aliphatic hydroxyl groups excluding tert-OH is 1. The summed E-state index contributed by atoms with van der Waals surface area (Å²) in [6, 6.07) is 30.2. The summed E-state index contributed by atoms with van der Waals surface area (Å²) >= 11 is 36.5. The normalized spacial score (nSPS) is 10.5. The van der Waals surface area contributed by atoms with E-state index in [2.05, 4.69) is 55.0 Å². The Morgan fingerprint density at radius 2 is 0.702 bits per heavy atom. The lowest BCUT2D eigenvalue weighted by Gasteiger charge is -2.08. The van der Waals surface area contributed by atoms with Gasteiger partial charge in [-0.15, -0.1) is 30.6 Å². The van der Waals surface area contributed by atoms with Crippen molar-refractivity contribution in [1.82, 2.24) is 45.5 Å². The van der Waals surface area contributed by atoms with Crippen LogP contribution in [-0.4, -0.2) is 150 Å². The number of aliphatic hydroxyl groups is 1. The molecule has 9 aromatic rings. The molecule has 0 aliphatic rings. The number of nitrogens with two attached hydrogens (primary N) is 3. The van der Waals surface area contributed by atoms with Crippen molar-refractivity contribution in [2.45, 2.75) is 38.5 Å². The van der Waals surface area contributed by atoms with Crippen molar-refractivity contribution >= 4 is 123 Å². The molecule has 6 aromatic carbocycles. The van der Waals surface area contributed by atoms with E-state index < -0.39 is 33.2 Å². The summed E-state index contributed by atoms with van der Waals surface area (Å²) in [5, 5.41) is 67.0. The standard InChI is InChI=1S/C21H19Cl2N5O6.C16H18Cl2N4O4.C14H16Cl2N4O2.C13H8N2O7/c22-16-4-1-3-15(18(16)23)19-20(24)25-17(26-27-19)5-2-10-32-11-12-33-21(29)34-14-8-6-13(7-9-14)28(30)31;1-24-16(23)26-9-8-25-7-3-6-12-20-15(19)14(22-21-12)10-4-2-5-11(17)13(10)18;15-10-4-1-3-9(12(10)16)13-14(17)18-11(19-20-13)5-2-7-22-8-6-21;16-13(21-11-5-1-9(2-6-11)14(17)18)22-12-7-3-10(4-8-12)15(19)20/h1,3-4,6-9H,2,5,10-12H2,(H2,24,25,26);2,4-5H,3,6-9H2,1H3,(H2,19,20,21);1,3-4,21H,2,5-8H2,(H2,17,18,19);1-8H. The maximum atomic E-state index is 11.6. The van der Waals surface area contributed by atoms with Crippen LogP contribution in [0.15, 0.2) is 127 Å². The fourth-order valence-corrected chi connectivity index (χ4v) is 9.28. The summed E-state index contributed by atoms with van der Waals surface area (Å²) < 4.78 is 44.3. The highest BCUT2D eigenvalue weighted by Crippen LogP contribution is 2.37. The van der Waals surface area contributed by atoms with E-state index in [0.717, 1.165) is 6.42 Å². The zero-order valence-corrected chi connectivity index (χ0v) is 58.9. The van der Waals surface area contributed by atoms with Gasteiger partial charge in [0.05, 0.1) is 78.4 Å². The zero-order chi connectivity index (χ0) is 75.5. The Hall–Kier alpha value is -10.7. The Balaban J connectivity index is 0.000000221. The molecule has 0 saturated heterocycles. The summed E-state index contributed by atoms with van der Waals surface area (Å²) in [5.74, 6) is 2.42. The van der Waals surface area contributed by atoms with E-state index in [1.807, 2.05) is 0 Å². The number of aromatic nitrogens is 9. The number of halogens is 6. The molecular weight excluding hydrogens is 1500 g/mol. The molecule has 0 saturated carbocycles. The smallest absolute Gasteiger partial charge is 0.438 e. The maximum absolute atomic E-state index is 11.6. The molecule has 0 spiro atoms. The summed E-state index contributed by atoms with van der Waals surface area (Å²) in [7, 11) is 1.24. The van der Waals surface area contributed by atoms with E-state index in [0.29, 0.717) is 140 Å². The fraction of sp³-hybridized carbons (Fsp3) is 0.250. The summed E-state index contributed by atoms with van der Waals surface area (Å²) in [5.41, 5.74) is 20.4. The van der Waals surface area contributed by atoms with Crippen molar-refractivity contribution in [2.75, 3.05) is 83.8 Å². The molecule has 0 atom stereocenters. The second kappa shape index (κ2) is 43.3. The van der Waals surface area contributed by atoms with Crippen LogP contribution >= 0.6 is 69.6 Å². The summed E-state index contributed by atoms with van der Waals surface area (Å²) in [6.45, 7) is 2.23. The van der Waals surface area contributed by atoms with Gasteiger partial charge in [0.1, 0.15) is 47.5 Å². The van der Waals surface area contributed by atoms with Crippen molar-refractivity contribution in [3.63, 3.8) is 0 Å². The van der Waals surface area contributed by atoms with Gasteiger partial charge in [-0.2, -0.15) is 0 Å². The highest BCUT2D eigenvalue weighted by atomic mass is 35.5. The van der Waals surface area contributed by atoms with E-state index in [9.17, 15) is 44.7 Å². The molecule has 0 unspecified atom stereocenters. The Kier molecular flexibility index (Phi) is 34.3. The van der Waals surface area contributed by atoms with Crippen LogP contribution in [-0.2, 0) is 47.7 Å². The summed E-state index contributed by atoms with van der Waals surface area (Å²) in [6.07, 6.45) is 0.841. The van der Waals surface area contributed by atoms with Crippen molar-refractivity contribution in [2.24, 2.45) is 0 Å². The van der Waals surface area contributed by atoms with Crippen LogP contribution in [0.5, 0.6) is 17.2 Å². The van der Waals surface area contributed by atoms with E-state index in [4.69, 9.17) is 125 Å². The number of aryl methyl sites for hydroxylation is 3. The van der Waals surface area contributed by atoms with Gasteiger partial charge >= 0.3 is 18.5 Å². The molecule has 0 aliphatic heterocycles. The van der Waals surface area contributed by atoms with Gasteiger partial charge in [-0.05, 0) is 73.9 Å². The monoisotopic (exact) mass is 1550 g/mol. The zero-order valence-electron chi connectivity index (χ0n) is 54.4. The van der Waals surface area contributed by atoms with E-state index in [1.54, 1.807) is 54.6 Å². The number of rotatable bonds is 29. The maximum Gasteiger partial charge on any atom is 0.519 e. The molecule has 9 rings (SSSR count). The molecule has 548 valence electrons. The quantitative estimate of drug-likeness (QED) is 0.0111. The number of carbonyl (C=O) groups excluding carboxylic acids is 3. The molecule has 0 aliphatic carbocycles. The molecular formula is C64H61Cl6N15O19. The van der Waals surface area contributed by atoms with Crippen molar-refractivity contribution in [3.8, 4) is 51.0 Å². The van der Waals surface area contributed by atoms with Gasteiger partial charge in [-0.3, -0.25) is 30.3 Å². The minimum Gasteiger partial charge on any atom is -0.438 e. The molecule has 7 N–H and O–H groups in total. The SMILES string of the molecule is COC(=O)OCCOCCCc1nnc(-c2cccc(Cl)c2Cl)c(N)n1.Nc1nc(CCCOCCO)nnc1-c1cccc(Cl)c1Cl.Nc1nc(CCCOCCOC(=O)Oc2ccc([N+](=O)[O-])cc2)nnc1-c1cccc(Cl)c1Cl.O=C(Oc1ccc([N+](=O)[O-])cc1)Oc1ccc([N+](=O)[O-])cc1. The molecule has 104 heavy (non-hydrogen) atoms. The third kappa shape index (κ3) is 27.3. The number of methoxy groups -OCH3 is 1. The van der Waals surface area contributed by atoms with Crippen molar-refractivity contribution in [1.29, 1.82) is 0 Å². The topological polar surface area (TPSA) is 478 Å². The molecule has 0 bridgehead atoms. The number of hydrogen-bond acceptors (Lipinski definition) is 31. The summed E-state index contributed by atoms with van der Waals surface area (Å²) in [4.78, 5) is 76.4. The van der Waals surface area contributed by atoms with Gasteiger partial charge in [0, 0.05) is 92.2 Å². The highest BCUT2D eigenvalue weighted by Gasteiger charge is 2.19. The van der Waals surface area contributed by atoms with E-state index >= 15 is 0 Å². The number of ether oxygens (including phenoxy) is 9. The number of nitrogens with zero attached hydrogens (tertiary/aromatic N) is 12. The minimum absolute atomic E-state index is 0.0140. The molecule has 34 nitrogen and oxygen atoms in total. The van der Waals surface area contributed by atoms with Crippen LogP contribution < -0.4 is 31.4 Å². The van der Waals surface area contributed by atoms with E-state index in [-0.39, 0.29) is 84.8 Å². The molecule has 3 aromatic heterocycles. The Morgan fingerprint density at radius 1 is 0.404 bits per heavy atom. The molecule has 0 amide bonds. The largest absolute Gasteiger partial charge is 0.519 e. The van der Waals surface area contributed by atoms with Gasteiger partial charge in [-0.25, -0.2) is 29.3 Å². The van der Waals surface area contributed by atoms with Gasteiger partial charge in [0.25, 0.3) is 17.1 Å². The van der Waals surface area contributed by atoms with Crippen molar-refractivity contribution in [3.05, 3.63) is 205 Å². The third-order valence-corrected chi connectivity index (χ3v) is 15.5. The Morgan fingerprint density at radius 3 is 0.990 bits per heavy atom. The first-order valence-electron chi connectivity index (χ1n) is 30.3. The van der Waals surface area contributed by atoms with E-state index in [1.165, 1.54) is 79.9 Å². The third-order valence-electron chi connectivity index (χ3n) is 13.0. The van der Waals surface area contributed by atoms with Crippen LogP contribution in [0.4, 0.5) is 48.9 Å². The van der Waals surface area contributed by atoms with Crippen molar-refractivity contribution < 1.29 is 76.9 Å². The molecule has 40 heteroatoms. The van der Waals surface area contributed by atoms with Gasteiger partial charge in [0.15, 0.2) is 34.9 Å². The average molecular weight is 1560 g/mol. The first kappa shape index (κ1) is 82.3. The van der Waals surface area contributed by atoms with Crippen LogP contribution in [0.25, 0.3) is 33.8 Å². The van der Waals surface area contributed by atoms with Crippen LogP contribution in [0.3, 0.4) is 0 Å². The van der Waals surface area contributed by atoms with Gasteiger partial charge in [-0.1, -0.05) is 106 Å². The van der Waals surface area contributed by atoms with Crippen LogP contribution in [0.1, 0.15) is 36.7 Å². The number of nitrogen functional groups attached to an aromatic ring is 3. The van der Waals surface area contributed by atoms with Gasteiger partial charge in [0.2, 0.25) is 0 Å². The van der Waals surface area contributed by atoms with Crippen LogP contribution in [0.2, 0.25) is 30.1 Å². The first-order valence-corrected chi connectivity index (χ1v) is 32.6. The minimum atomic E-state index is -1.07. The number of carbonyl (C=O) groups is 3.